The predicted molar refractivity (Wildman–Crippen MR) is 256 cm³/mol. The SMILES string of the molecule is CC(C)(C)c1cc(-c2nc3c(-c4[c-]c(-c5nccc6c5oc5c7ccccc7ccc65)cc(C(C)(C)c5ccccc5)c4)cccc3n2-c2ccccc2)c(O)c(C(C)(C)C)c1.[Pt]. The molecule has 10 aromatic rings. The van der Waals surface area contributed by atoms with Crippen molar-refractivity contribution in [2.75, 3.05) is 0 Å². The van der Waals surface area contributed by atoms with Crippen molar-refractivity contribution in [3.8, 4) is 45.2 Å². The minimum atomic E-state index is -0.386. The molecule has 316 valence electrons. The number of aromatic hydroxyl groups is 1. The van der Waals surface area contributed by atoms with E-state index in [4.69, 9.17) is 14.4 Å². The van der Waals surface area contributed by atoms with Crippen molar-refractivity contribution in [1.29, 1.82) is 0 Å². The maximum absolute atomic E-state index is 12.3. The molecule has 0 aliphatic carbocycles. The Bertz CT molecular complexity index is 3350. The zero-order valence-electron chi connectivity index (χ0n) is 36.9. The first-order chi connectivity index (χ1) is 29.7. The molecule has 10 rings (SSSR count). The number of para-hydroxylation sites is 2. The maximum atomic E-state index is 12.3. The van der Waals surface area contributed by atoms with E-state index in [1.165, 1.54) is 5.56 Å². The number of pyridine rings is 1. The third kappa shape index (κ3) is 7.17. The summed E-state index contributed by atoms with van der Waals surface area (Å²) in [7, 11) is 0. The van der Waals surface area contributed by atoms with Crippen LogP contribution in [-0.2, 0) is 37.3 Å². The Morgan fingerprint density at radius 1 is 0.571 bits per heavy atom. The van der Waals surface area contributed by atoms with E-state index in [-0.39, 0.29) is 43.1 Å². The molecule has 0 atom stereocenters. The Morgan fingerprint density at radius 2 is 1.25 bits per heavy atom. The van der Waals surface area contributed by atoms with Crippen molar-refractivity contribution < 1.29 is 30.6 Å². The van der Waals surface area contributed by atoms with Crippen LogP contribution in [0.3, 0.4) is 0 Å². The molecule has 0 aliphatic rings. The van der Waals surface area contributed by atoms with Crippen LogP contribution in [0.4, 0.5) is 0 Å². The van der Waals surface area contributed by atoms with E-state index in [9.17, 15) is 5.11 Å². The Hall–Kier alpha value is -6.29. The Kier molecular flexibility index (Phi) is 10.3. The van der Waals surface area contributed by atoms with Crippen LogP contribution < -0.4 is 0 Å². The molecule has 63 heavy (non-hydrogen) atoms. The van der Waals surface area contributed by atoms with Crippen LogP contribution in [-0.4, -0.2) is 19.6 Å². The number of rotatable bonds is 6. The third-order valence-corrected chi connectivity index (χ3v) is 12.6. The van der Waals surface area contributed by atoms with E-state index in [0.717, 1.165) is 88.5 Å². The van der Waals surface area contributed by atoms with Crippen molar-refractivity contribution in [3.63, 3.8) is 0 Å². The molecule has 0 saturated carbocycles. The van der Waals surface area contributed by atoms with E-state index in [1.807, 2.05) is 30.5 Å². The summed E-state index contributed by atoms with van der Waals surface area (Å²) < 4.78 is 9.04. The van der Waals surface area contributed by atoms with E-state index >= 15 is 0 Å². The van der Waals surface area contributed by atoms with Crippen LogP contribution in [0.25, 0.3) is 83.2 Å². The summed E-state index contributed by atoms with van der Waals surface area (Å²) in [5, 5.41) is 16.5. The first-order valence-electron chi connectivity index (χ1n) is 21.5. The van der Waals surface area contributed by atoms with Crippen LogP contribution in [0.1, 0.15) is 77.6 Å². The average Bonchev–Trinajstić information content (AvgIpc) is 3.85. The molecule has 0 bridgehead atoms. The Morgan fingerprint density at radius 3 is 1.98 bits per heavy atom. The molecule has 1 N–H and O–H groups in total. The summed E-state index contributed by atoms with van der Waals surface area (Å²) in [6.07, 6.45) is 1.88. The second kappa shape index (κ2) is 15.5. The van der Waals surface area contributed by atoms with Crippen molar-refractivity contribution in [2.45, 2.75) is 71.6 Å². The normalized spacial score (nSPS) is 12.4. The minimum Gasteiger partial charge on any atom is -0.507 e. The van der Waals surface area contributed by atoms with E-state index < -0.39 is 0 Å². The fourth-order valence-corrected chi connectivity index (χ4v) is 8.99. The summed E-state index contributed by atoms with van der Waals surface area (Å²) in [6.45, 7) is 17.6. The summed E-state index contributed by atoms with van der Waals surface area (Å²) >= 11 is 0. The molecule has 6 heteroatoms. The van der Waals surface area contributed by atoms with E-state index in [1.54, 1.807) is 0 Å². The molecular weight excluding hydrogens is 954 g/mol. The number of phenolic OH excluding ortho intramolecular Hbond substituents is 1. The number of aromatic nitrogens is 3. The molecule has 0 saturated heterocycles. The van der Waals surface area contributed by atoms with Gasteiger partial charge in [0.2, 0.25) is 0 Å². The fourth-order valence-electron chi connectivity index (χ4n) is 8.99. The van der Waals surface area contributed by atoms with Gasteiger partial charge in [0.05, 0.1) is 16.6 Å². The first kappa shape index (κ1) is 42.0. The smallest absolute Gasteiger partial charge is 0.148 e. The molecule has 0 aliphatic heterocycles. The molecule has 7 aromatic carbocycles. The topological polar surface area (TPSA) is 64.1 Å². The van der Waals surface area contributed by atoms with Gasteiger partial charge >= 0.3 is 0 Å². The van der Waals surface area contributed by atoms with Gasteiger partial charge in [0.1, 0.15) is 22.7 Å². The summed E-state index contributed by atoms with van der Waals surface area (Å²) in [4.78, 5) is 10.6. The molecular formula is C57H50N3O2Pt-. The van der Waals surface area contributed by atoms with Gasteiger partial charge in [0.15, 0.2) is 0 Å². The van der Waals surface area contributed by atoms with Crippen molar-refractivity contribution >= 4 is 43.7 Å². The first-order valence-corrected chi connectivity index (χ1v) is 21.5. The maximum Gasteiger partial charge on any atom is 0.148 e. The fraction of sp³-hybridized carbons (Fsp3) is 0.193. The molecule has 0 unspecified atom stereocenters. The van der Waals surface area contributed by atoms with Crippen LogP contribution in [0.2, 0.25) is 0 Å². The number of hydrogen-bond donors (Lipinski definition) is 1. The molecule has 0 amide bonds. The molecule has 0 radical (unpaired) electrons. The number of hydrogen-bond acceptors (Lipinski definition) is 4. The Labute approximate surface area is 383 Å². The van der Waals surface area contributed by atoms with Gasteiger partial charge < -0.3 is 9.52 Å². The number of furan rings is 1. The van der Waals surface area contributed by atoms with Crippen LogP contribution in [0.15, 0.2) is 156 Å². The van der Waals surface area contributed by atoms with Gasteiger partial charge in [-0.2, -0.15) is 0 Å². The second-order valence-corrected chi connectivity index (χ2v) is 19.2. The number of nitrogens with zero attached hydrogens (tertiary/aromatic N) is 3. The van der Waals surface area contributed by atoms with Crippen molar-refractivity contribution in [2.24, 2.45) is 0 Å². The average molecular weight is 1000 g/mol. The predicted octanol–water partition coefficient (Wildman–Crippen LogP) is 14.9. The third-order valence-electron chi connectivity index (χ3n) is 12.6. The van der Waals surface area contributed by atoms with E-state index in [0.29, 0.717) is 11.4 Å². The number of phenols is 1. The van der Waals surface area contributed by atoms with E-state index in [2.05, 4.69) is 187 Å². The minimum absolute atomic E-state index is 0. The number of fused-ring (bicyclic) bond motifs is 6. The van der Waals surface area contributed by atoms with Gasteiger partial charge in [-0.25, -0.2) is 4.98 Å². The number of imidazole rings is 1. The van der Waals surface area contributed by atoms with Gasteiger partial charge in [-0.1, -0.05) is 164 Å². The quantitative estimate of drug-likeness (QED) is 0.169. The van der Waals surface area contributed by atoms with Crippen molar-refractivity contribution in [1.82, 2.24) is 14.5 Å². The zero-order valence-corrected chi connectivity index (χ0v) is 39.2. The molecule has 3 heterocycles. The van der Waals surface area contributed by atoms with Crippen LogP contribution in [0.5, 0.6) is 5.75 Å². The van der Waals surface area contributed by atoms with Crippen LogP contribution in [0, 0.1) is 6.07 Å². The molecule has 0 spiro atoms. The molecule has 3 aromatic heterocycles. The number of benzene rings is 7. The Balaban J connectivity index is 0.00000504. The van der Waals surface area contributed by atoms with Gasteiger partial charge in [0.25, 0.3) is 0 Å². The van der Waals surface area contributed by atoms with Gasteiger partial charge in [-0.3, -0.25) is 9.55 Å². The van der Waals surface area contributed by atoms with Gasteiger partial charge in [-0.15, -0.1) is 29.3 Å². The van der Waals surface area contributed by atoms with Crippen molar-refractivity contribution in [3.05, 3.63) is 180 Å². The second-order valence-electron chi connectivity index (χ2n) is 19.2. The molecule has 0 fully saturated rings. The summed E-state index contributed by atoms with van der Waals surface area (Å²) in [5.41, 5.74) is 11.8. The molecule has 5 nitrogen and oxygen atoms in total. The van der Waals surface area contributed by atoms with Gasteiger partial charge in [0, 0.05) is 65.8 Å². The van der Waals surface area contributed by atoms with Gasteiger partial charge in [-0.05, 0) is 63.7 Å². The zero-order chi connectivity index (χ0) is 43.1. The monoisotopic (exact) mass is 1000 g/mol. The standard InChI is InChI=1S/C57H50N3O2.Pt/c1-55(2,3)39-33-46(51(61)47(34-39)56(4,5)6)54-59-50-42(24-17-25-48(50)60(54)41-21-13-10-14-22-41)36-30-37(32-40(31-36)57(7,8)38-19-11-9-12-20-38)49-53-45(28-29-58-49)44-27-26-35-18-15-16-23-43(35)52(44)62-53;/h9-29,31-34,61H,1-8H3;/q-1;. The summed E-state index contributed by atoms with van der Waals surface area (Å²) in [5.74, 6) is 0.924. The largest absolute Gasteiger partial charge is 0.507 e. The summed E-state index contributed by atoms with van der Waals surface area (Å²) in [6, 6.07) is 54.7. The van der Waals surface area contributed by atoms with Crippen LogP contribution >= 0.6 is 0 Å².